The number of rotatable bonds is 5. The van der Waals surface area contributed by atoms with Crippen LogP contribution < -0.4 is 15.0 Å². The summed E-state index contributed by atoms with van der Waals surface area (Å²) in [6.45, 7) is 4.30. The van der Waals surface area contributed by atoms with Crippen LogP contribution in [-0.4, -0.2) is 59.8 Å². The number of benzene rings is 2. The predicted molar refractivity (Wildman–Crippen MR) is 132 cm³/mol. The summed E-state index contributed by atoms with van der Waals surface area (Å²) in [5.41, 5.74) is 5.11. The summed E-state index contributed by atoms with van der Waals surface area (Å²) in [7, 11) is 3.85. The number of piperazine rings is 1. The van der Waals surface area contributed by atoms with E-state index in [0.717, 1.165) is 58.9 Å². The highest BCUT2D eigenvalue weighted by Crippen LogP contribution is 2.35. The average Bonchev–Trinajstić information content (AvgIpc) is 3.16. The van der Waals surface area contributed by atoms with Gasteiger partial charge in [0.2, 0.25) is 5.95 Å². The summed E-state index contributed by atoms with van der Waals surface area (Å²) < 4.78 is 8.23. The van der Waals surface area contributed by atoms with Crippen molar-refractivity contribution in [1.82, 2.24) is 19.5 Å². The van der Waals surface area contributed by atoms with Crippen LogP contribution in [0.25, 0.3) is 16.6 Å². The number of likely N-dealkylation sites (N-methyl/N-ethyl adjacent to an activating group) is 1. The van der Waals surface area contributed by atoms with Gasteiger partial charge in [0.25, 0.3) is 0 Å². The normalized spacial score (nSPS) is 14.7. The van der Waals surface area contributed by atoms with Gasteiger partial charge in [-0.05, 0) is 59.4 Å². The smallest absolute Gasteiger partial charge is 0.245 e. The molecule has 1 fully saturated rings. The maximum Gasteiger partial charge on any atom is 0.245 e. The quantitative estimate of drug-likeness (QED) is 0.437. The van der Waals surface area contributed by atoms with E-state index in [2.05, 4.69) is 72.4 Å². The van der Waals surface area contributed by atoms with Gasteiger partial charge in [0.15, 0.2) is 0 Å². The summed E-state index contributed by atoms with van der Waals surface area (Å²) >= 11 is 3.63. The molecule has 0 amide bonds. The van der Waals surface area contributed by atoms with E-state index in [0.29, 0.717) is 5.95 Å². The van der Waals surface area contributed by atoms with Gasteiger partial charge in [0, 0.05) is 48.7 Å². The van der Waals surface area contributed by atoms with Crippen molar-refractivity contribution in [3.63, 3.8) is 0 Å². The van der Waals surface area contributed by atoms with E-state index < -0.39 is 0 Å². The fourth-order valence-corrected chi connectivity index (χ4v) is 4.54. The third kappa shape index (κ3) is 4.03. The summed E-state index contributed by atoms with van der Waals surface area (Å²) in [5.74, 6) is 1.35. The van der Waals surface area contributed by atoms with Gasteiger partial charge in [0.05, 0.1) is 18.8 Å². The van der Waals surface area contributed by atoms with E-state index in [1.807, 2.05) is 41.0 Å². The average molecular weight is 493 g/mol. The van der Waals surface area contributed by atoms with Crippen molar-refractivity contribution < 1.29 is 4.74 Å². The van der Waals surface area contributed by atoms with E-state index in [-0.39, 0.29) is 0 Å². The standard InChI is InChI=1S/C24H25BrN6O/c1-29-11-13-30(14-12-29)18-9-7-17(8-10-18)27-24-26-16-21-20(15-23(25)31(21)28-24)19-5-3-4-6-22(19)32-2/h3-10,15-16H,11-14H2,1-2H3,(H,27,28). The number of anilines is 3. The molecule has 1 aliphatic heterocycles. The number of ether oxygens (including phenoxy) is 1. The molecule has 7 nitrogen and oxygen atoms in total. The molecule has 1 saturated heterocycles. The number of aromatic nitrogens is 3. The second kappa shape index (κ2) is 8.80. The van der Waals surface area contributed by atoms with Crippen molar-refractivity contribution >= 4 is 38.8 Å². The molecular formula is C24H25BrN6O. The molecule has 4 aromatic rings. The van der Waals surface area contributed by atoms with Crippen molar-refractivity contribution in [3.05, 3.63) is 65.4 Å². The Kier molecular flexibility index (Phi) is 5.71. The molecule has 0 atom stereocenters. The molecule has 3 heterocycles. The minimum absolute atomic E-state index is 0.535. The summed E-state index contributed by atoms with van der Waals surface area (Å²) in [5, 5.41) is 8.00. The van der Waals surface area contributed by atoms with Gasteiger partial charge < -0.3 is 19.9 Å². The summed E-state index contributed by atoms with van der Waals surface area (Å²) in [6, 6.07) is 18.4. The maximum absolute atomic E-state index is 5.54. The third-order valence-electron chi connectivity index (χ3n) is 5.86. The molecule has 1 N–H and O–H groups in total. The van der Waals surface area contributed by atoms with Crippen LogP contribution in [0.5, 0.6) is 5.75 Å². The molecule has 1 aliphatic rings. The van der Waals surface area contributed by atoms with Gasteiger partial charge in [-0.15, -0.1) is 5.10 Å². The number of fused-ring (bicyclic) bond motifs is 1. The lowest BCUT2D eigenvalue weighted by molar-refractivity contribution is 0.313. The van der Waals surface area contributed by atoms with Crippen LogP contribution in [0.15, 0.2) is 65.4 Å². The lowest BCUT2D eigenvalue weighted by Crippen LogP contribution is -2.44. The molecule has 164 valence electrons. The monoisotopic (exact) mass is 492 g/mol. The van der Waals surface area contributed by atoms with Crippen molar-refractivity contribution in [2.24, 2.45) is 0 Å². The zero-order valence-corrected chi connectivity index (χ0v) is 19.7. The van der Waals surface area contributed by atoms with Crippen molar-refractivity contribution in [3.8, 4) is 16.9 Å². The first-order chi connectivity index (χ1) is 15.6. The van der Waals surface area contributed by atoms with Crippen molar-refractivity contribution in [2.45, 2.75) is 0 Å². The van der Waals surface area contributed by atoms with E-state index in [4.69, 9.17) is 4.74 Å². The predicted octanol–water partition coefficient (Wildman–Crippen LogP) is 4.66. The molecule has 0 aliphatic carbocycles. The Morgan fingerprint density at radius 1 is 0.969 bits per heavy atom. The molecule has 8 heteroatoms. The number of halogens is 1. The third-order valence-corrected chi connectivity index (χ3v) is 6.43. The zero-order valence-electron chi connectivity index (χ0n) is 18.1. The van der Waals surface area contributed by atoms with Crippen LogP contribution in [0.3, 0.4) is 0 Å². The number of hydrogen-bond acceptors (Lipinski definition) is 6. The van der Waals surface area contributed by atoms with Gasteiger partial charge in [-0.1, -0.05) is 18.2 Å². The second-order valence-corrected chi connectivity index (χ2v) is 8.73. The van der Waals surface area contributed by atoms with Gasteiger partial charge in [0.1, 0.15) is 10.4 Å². The second-order valence-electron chi connectivity index (χ2n) is 7.92. The molecule has 0 unspecified atom stereocenters. The Labute approximate surface area is 195 Å². The zero-order chi connectivity index (χ0) is 22.1. The highest BCUT2D eigenvalue weighted by Gasteiger charge is 2.16. The van der Waals surface area contributed by atoms with E-state index in [1.165, 1.54) is 5.69 Å². The van der Waals surface area contributed by atoms with Crippen LogP contribution in [0.4, 0.5) is 17.3 Å². The van der Waals surface area contributed by atoms with Gasteiger partial charge >= 0.3 is 0 Å². The molecule has 0 bridgehead atoms. The first-order valence-electron chi connectivity index (χ1n) is 10.6. The van der Waals surface area contributed by atoms with Crippen LogP contribution in [0.2, 0.25) is 0 Å². The Bertz CT molecular complexity index is 1230. The minimum Gasteiger partial charge on any atom is -0.496 e. The summed E-state index contributed by atoms with van der Waals surface area (Å²) in [6.07, 6.45) is 1.83. The minimum atomic E-state index is 0.535. The van der Waals surface area contributed by atoms with Crippen molar-refractivity contribution in [1.29, 1.82) is 0 Å². The van der Waals surface area contributed by atoms with Gasteiger partial charge in [-0.25, -0.2) is 9.50 Å². The number of nitrogens with one attached hydrogen (secondary N) is 1. The van der Waals surface area contributed by atoms with E-state index in [9.17, 15) is 0 Å². The molecule has 32 heavy (non-hydrogen) atoms. The molecule has 5 rings (SSSR count). The molecule has 2 aromatic carbocycles. The number of hydrogen-bond donors (Lipinski definition) is 1. The Hall–Kier alpha value is -3.10. The molecular weight excluding hydrogens is 468 g/mol. The number of nitrogens with zero attached hydrogens (tertiary/aromatic N) is 5. The largest absolute Gasteiger partial charge is 0.496 e. The van der Waals surface area contributed by atoms with Crippen LogP contribution in [0, 0.1) is 0 Å². The first-order valence-corrected chi connectivity index (χ1v) is 11.4. The Morgan fingerprint density at radius 3 is 2.47 bits per heavy atom. The summed E-state index contributed by atoms with van der Waals surface area (Å²) in [4.78, 5) is 9.34. The number of methoxy groups -OCH3 is 1. The molecule has 0 spiro atoms. The molecule has 0 saturated carbocycles. The topological polar surface area (TPSA) is 57.9 Å². The first kappa shape index (κ1) is 20.8. The SMILES string of the molecule is COc1ccccc1-c1cc(Br)n2nc(Nc3ccc(N4CCN(C)CC4)cc3)ncc12. The van der Waals surface area contributed by atoms with Gasteiger partial charge in [-0.2, -0.15) is 0 Å². The van der Waals surface area contributed by atoms with Crippen LogP contribution in [0.1, 0.15) is 0 Å². The fourth-order valence-electron chi connectivity index (χ4n) is 4.04. The van der Waals surface area contributed by atoms with Crippen LogP contribution in [-0.2, 0) is 0 Å². The number of para-hydroxylation sites is 1. The highest BCUT2D eigenvalue weighted by molar-refractivity contribution is 9.10. The van der Waals surface area contributed by atoms with Crippen molar-refractivity contribution in [2.75, 3.05) is 50.6 Å². The van der Waals surface area contributed by atoms with E-state index in [1.54, 1.807) is 7.11 Å². The lowest BCUT2D eigenvalue weighted by Gasteiger charge is -2.34. The van der Waals surface area contributed by atoms with E-state index >= 15 is 0 Å². The maximum atomic E-state index is 5.54. The Balaban J connectivity index is 1.38. The fraction of sp³-hybridized carbons (Fsp3) is 0.250. The van der Waals surface area contributed by atoms with Gasteiger partial charge in [-0.3, -0.25) is 0 Å². The molecule has 2 aromatic heterocycles. The van der Waals surface area contributed by atoms with Crippen LogP contribution >= 0.6 is 15.9 Å². The Morgan fingerprint density at radius 2 is 1.72 bits per heavy atom. The highest BCUT2D eigenvalue weighted by atomic mass is 79.9. The molecule has 0 radical (unpaired) electrons. The lowest BCUT2D eigenvalue weighted by atomic mass is 10.1.